The lowest BCUT2D eigenvalue weighted by Gasteiger charge is -2.40. The second kappa shape index (κ2) is 11.2. The van der Waals surface area contributed by atoms with Crippen LogP contribution in [0.4, 0.5) is 32.8 Å². The Labute approximate surface area is 272 Å². The van der Waals surface area contributed by atoms with E-state index in [1.807, 2.05) is 6.07 Å². The van der Waals surface area contributed by atoms with Crippen LogP contribution in [0.1, 0.15) is 11.1 Å². The van der Waals surface area contributed by atoms with Gasteiger partial charge in [0.1, 0.15) is 28.5 Å². The number of aromatic nitrogens is 2. The molecule has 0 unspecified atom stereocenters. The molecule has 244 valence electrons. The van der Waals surface area contributed by atoms with E-state index in [9.17, 15) is 14.9 Å². The molecule has 1 N–H and O–H groups in total. The van der Waals surface area contributed by atoms with Crippen LogP contribution in [-0.2, 0) is 22.3 Å². The smallest absolute Gasteiger partial charge is 0.380 e. The number of thioether (sulfide) groups is 1. The maximum atomic E-state index is 16.1. The zero-order valence-electron chi connectivity index (χ0n) is 24.8. The highest BCUT2D eigenvalue weighted by Crippen LogP contribution is 2.54. The molecule has 2 aromatic carbocycles. The molecule has 2 aromatic heterocycles. The molecule has 3 aliphatic rings. The molecular formula is C31H25F5N6O3S2. The van der Waals surface area contributed by atoms with Crippen LogP contribution in [0, 0.1) is 28.4 Å². The molecule has 2 fully saturated rings. The number of fused-ring (bicyclic) bond motifs is 1. The third-order valence-corrected chi connectivity index (χ3v) is 11.5. The number of benzene rings is 2. The SMILES string of the molecule is C=CC(=O)N1CCN(c2nc(=O)n3c4c(c(-c5c(F)cc(F)c6sc(NC)c(C#N)c56)c(C(F)(F)F)cc24)SCC2(COC2)C3)CC1. The predicted octanol–water partition coefficient (Wildman–Crippen LogP) is 5.45. The fourth-order valence-electron chi connectivity index (χ4n) is 6.57. The van der Waals surface area contributed by atoms with Gasteiger partial charge in [0.2, 0.25) is 5.91 Å². The van der Waals surface area contributed by atoms with Gasteiger partial charge in [-0.05, 0) is 12.1 Å². The number of ether oxygens (including phenoxy) is 1. The van der Waals surface area contributed by atoms with Crippen molar-refractivity contribution in [2.24, 2.45) is 5.41 Å². The van der Waals surface area contributed by atoms with Gasteiger partial charge < -0.3 is 19.9 Å². The Balaban J connectivity index is 1.58. The summed E-state index contributed by atoms with van der Waals surface area (Å²) >= 11 is 1.85. The number of halogens is 5. The first-order valence-electron chi connectivity index (χ1n) is 14.5. The zero-order valence-corrected chi connectivity index (χ0v) is 26.4. The highest BCUT2D eigenvalue weighted by atomic mass is 32.2. The number of nitriles is 1. The minimum atomic E-state index is -5.04. The predicted molar refractivity (Wildman–Crippen MR) is 169 cm³/mol. The molecule has 0 aliphatic carbocycles. The summed E-state index contributed by atoms with van der Waals surface area (Å²) in [4.78, 5) is 33.5. The quantitative estimate of drug-likeness (QED) is 0.223. The van der Waals surface area contributed by atoms with Gasteiger partial charge in [0.15, 0.2) is 0 Å². The largest absolute Gasteiger partial charge is 0.417 e. The van der Waals surface area contributed by atoms with E-state index < -0.39 is 45.6 Å². The van der Waals surface area contributed by atoms with Crippen LogP contribution in [0.15, 0.2) is 34.5 Å². The molecule has 0 bridgehead atoms. The van der Waals surface area contributed by atoms with Crippen LogP contribution in [0.25, 0.3) is 32.1 Å². The Morgan fingerprint density at radius 1 is 1.17 bits per heavy atom. The summed E-state index contributed by atoms with van der Waals surface area (Å²) in [5.41, 5.74) is -3.69. The maximum absolute atomic E-state index is 16.1. The molecule has 0 saturated carbocycles. The van der Waals surface area contributed by atoms with Gasteiger partial charge in [-0.2, -0.15) is 23.4 Å². The summed E-state index contributed by atoms with van der Waals surface area (Å²) in [6.07, 6.45) is -3.86. The molecule has 3 aliphatic heterocycles. The molecule has 0 radical (unpaired) electrons. The maximum Gasteiger partial charge on any atom is 0.417 e. The van der Waals surface area contributed by atoms with Crippen molar-refractivity contribution in [3.05, 3.63) is 58.0 Å². The van der Waals surface area contributed by atoms with E-state index in [1.165, 1.54) is 22.6 Å². The van der Waals surface area contributed by atoms with Crippen molar-refractivity contribution in [1.82, 2.24) is 14.5 Å². The molecule has 2 saturated heterocycles. The standard InChI is InChI=1S/C31H25F5N6O3S2/c1-3-20(43)40-4-6-41(7-5-40)27-15-8-17(31(34,35)36)22(23-18(32)9-19(33)25-21(23)16(10-37)28(38-2)47-25)26-24(15)42(29(44)39-27)11-30(14-46-26)12-45-13-30/h3,8-9,38H,1,4-7,11-14H2,2H3. The summed E-state index contributed by atoms with van der Waals surface area (Å²) in [7, 11) is 1.47. The first-order chi connectivity index (χ1) is 22.4. The number of piperazine rings is 1. The summed E-state index contributed by atoms with van der Waals surface area (Å²) in [6.45, 7) is 4.95. The van der Waals surface area contributed by atoms with Crippen LogP contribution < -0.4 is 15.9 Å². The molecular weight excluding hydrogens is 664 g/mol. The highest BCUT2D eigenvalue weighted by molar-refractivity contribution is 7.99. The van der Waals surface area contributed by atoms with E-state index in [-0.39, 0.29) is 99.9 Å². The fourth-order valence-corrected chi connectivity index (χ4v) is 9.01. The van der Waals surface area contributed by atoms with Crippen molar-refractivity contribution in [3.63, 3.8) is 0 Å². The van der Waals surface area contributed by atoms with E-state index in [0.29, 0.717) is 6.07 Å². The number of hydrogen-bond acceptors (Lipinski definition) is 9. The van der Waals surface area contributed by atoms with Gasteiger partial charge in [0.05, 0.1) is 34.6 Å². The van der Waals surface area contributed by atoms with Crippen molar-refractivity contribution in [2.75, 3.05) is 62.4 Å². The number of alkyl halides is 3. The van der Waals surface area contributed by atoms with Gasteiger partial charge >= 0.3 is 11.9 Å². The zero-order chi connectivity index (χ0) is 33.4. The molecule has 0 atom stereocenters. The van der Waals surface area contributed by atoms with Gasteiger partial charge in [0.25, 0.3) is 0 Å². The second-order valence-corrected chi connectivity index (χ2v) is 13.7. The molecule has 9 nitrogen and oxygen atoms in total. The van der Waals surface area contributed by atoms with Crippen molar-refractivity contribution < 1.29 is 31.5 Å². The number of hydrogen-bond donors (Lipinski definition) is 1. The Morgan fingerprint density at radius 2 is 1.89 bits per heavy atom. The Kier molecular flexibility index (Phi) is 7.49. The summed E-state index contributed by atoms with van der Waals surface area (Å²) in [6, 6.07) is 3.32. The molecule has 16 heteroatoms. The molecule has 1 amide bonds. The monoisotopic (exact) mass is 688 g/mol. The lowest BCUT2D eigenvalue weighted by Crippen LogP contribution is -2.50. The molecule has 47 heavy (non-hydrogen) atoms. The van der Waals surface area contributed by atoms with Gasteiger partial charge in [-0.3, -0.25) is 9.36 Å². The molecule has 5 heterocycles. The minimum Gasteiger partial charge on any atom is -0.380 e. The van der Waals surface area contributed by atoms with Crippen molar-refractivity contribution in [3.8, 4) is 17.2 Å². The van der Waals surface area contributed by atoms with Crippen molar-refractivity contribution in [1.29, 1.82) is 5.26 Å². The highest BCUT2D eigenvalue weighted by Gasteiger charge is 2.45. The van der Waals surface area contributed by atoms with E-state index >= 15 is 22.0 Å². The Morgan fingerprint density at radius 3 is 2.49 bits per heavy atom. The van der Waals surface area contributed by atoms with E-state index in [2.05, 4.69) is 16.9 Å². The van der Waals surface area contributed by atoms with Gasteiger partial charge in [-0.15, -0.1) is 23.1 Å². The number of carbonyl (C=O) groups is 1. The Hall–Kier alpha value is -4.20. The summed E-state index contributed by atoms with van der Waals surface area (Å²) in [5, 5.41) is 12.7. The lowest BCUT2D eigenvalue weighted by atomic mass is 9.88. The average molecular weight is 689 g/mol. The van der Waals surface area contributed by atoms with Crippen LogP contribution in [-0.4, -0.2) is 72.6 Å². The second-order valence-electron chi connectivity index (χ2n) is 11.7. The van der Waals surface area contributed by atoms with Gasteiger partial charge in [-0.1, -0.05) is 6.58 Å². The molecule has 4 aromatic rings. The van der Waals surface area contributed by atoms with Crippen LogP contribution >= 0.6 is 23.1 Å². The molecule has 1 spiro atoms. The lowest BCUT2D eigenvalue weighted by molar-refractivity contribution is -0.137. The number of amides is 1. The number of anilines is 2. The summed E-state index contributed by atoms with van der Waals surface area (Å²) < 4.78 is 83.7. The first-order valence-corrected chi connectivity index (χ1v) is 16.3. The van der Waals surface area contributed by atoms with Crippen LogP contribution in [0.5, 0.6) is 0 Å². The van der Waals surface area contributed by atoms with E-state index in [1.54, 1.807) is 4.90 Å². The van der Waals surface area contributed by atoms with Crippen molar-refractivity contribution in [2.45, 2.75) is 17.6 Å². The number of thiophene rings is 1. The third-order valence-electron chi connectivity index (χ3n) is 8.86. The Bertz CT molecular complexity index is 2110. The number of nitrogens with zero attached hydrogens (tertiary/aromatic N) is 5. The van der Waals surface area contributed by atoms with Gasteiger partial charge in [0, 0.05) is 83.8 Å². The fraction of sp³-hybridized carbons (Fsp3) is 0.355. The average Bonchev–Trinajstić information content (AvgIpc) is 3.30. The minimum absolute atomic E-state index is 0.0158. The van der Waals surface area contributed by atoms with Crippen molar-refractivity contribution >= 4 is 60.8 Å². The van der Waals surface area contributed by atoms with Crippen LogP contribution in [0.2, 0.25) is 0 Å². The van der Waals surface area contributed by atoms with Gasteiger partial charge in [-0.25, -0.2) is 13.6 Å². The van der Waals surface area contributed by atoms with E-state index in [4.69, 9.17) is 4.74 Å². The topological polar surface area (TPSA) is 103 Å². The van der Waals surface area contributed by atoms with E-state index in [0.717, 1.165) is 29.2 Å². The number of carbonyl (C=O) groups excluding carboxylic acids is 1. The van der Waals surface area contributed by atoms with Crippen LogP contribution in [0.3, 0.4) is 0 Å². The first kappa shape index (κ1) is 31.4. The third kappa shape index (κ3) is 4.85. The number of rotatable bonds is 4. The summed E-state index contributed by atoms with van der Waals surface area (Å²) in [5.74, 6) is -2.32. The molecule has 7 rings (SSSR count). The number of nitrogens with one attached hydrogen (secondary N) is 1. The normalized spacial score (nSPS) is 17.5.